The molecule has 90 valence electrons. The molecule has 0 amide bonds. The predicted molar refractivity (Wildman–Crippen MR) is 69.3 cm³/mol. The van der Waals surface area contributed by atoms with E-state index in [0.717, 1.165) is 11.3 Å². The third-order valence-corrected chi connectivity index (χ3v) is 2.85. The highest BCUT2D eigenvalue weighted by Crippen LogP contribution is 2.30. The van der Waals surface area contributed by atoms with Crippen LogP contribution in [-0.4, -0.2) is 18.1 Å². The van der Waals surface area contributed by atoms with Crippen LogP contribution in [0.25, 0.3) is 0 Å². The molecule has 0 fully saturated rings. The standard InChI is InChI=1S/C14H18N2O/c1-2-17-14-6-4-3-5-12(14)13(9-15)11-7-8-16-10-11/h3-8,10,13,16H,2,9,15H2,1H3. The molecular weight excluding hydrogens is 212 g/mol. The van der Waals surface area contributed by atoms with E-state index in [-0.39, 0.29) is 5.92 Å². The van der Waals surface area contributed by atoms with Gasteiger partial charge < -0.3 is 15.5 Å². The summed E-state index contributed by atoms with van der Waals surface area (Å²) in [6.45, 7) is 3.23. The van der Waals surface area contributed by atoms with Crippen LogP contribution in [0.3, 0.4) is 0 Å². The van der Waals surface area contributed by atoms with Gasteiger partial charge in [0.1, 0.15) is 5.75 Å². The first kappa shape index (κ1) is 11.7. The summed E-state index contributed by atoms with van der Waals surface area (Å²) in [5.74, 6) is 1.11. The van der Waals surface area contributed by atoms with Gasteiger partial charge in [-0.3, -0.25) is 0 Å². The highest BCUT2D eigenvalue weighted by Gasteiger charge is 2.16. The van der Waals surface area contributed by atoms with E-state index >= 15 is 0 Å². The summed E-state index contributed by atoms with van der Waals surface area (Å²) < 4.78 is 5.65. The Labute approximate surface area is 102 Å². The Hall–Kier alpha value is -1.74. The summed E-state index contributed by atoms with van der Waals surface area (Å²) in [4.78, 5) is 3.07. The lowest BCUT2D eigenvalue weighted by Crippen LogP contribution is -2.14. The fraction of sp³-hybridized carbons (Fsp3) is 0.286. The Morgan fingerprint density at radius 2 is 2.12 bits per heavy atom. The Kier molecular flexibility index (Phi) is 3.83. The summed E-state index contributed by atoms with van der Waals surface area (Å²) in [6, 6.07) is 10.1. The predicted octanol–water partition coefficient (Wildman–Crippen LogP) is 2.50. The van der Waals surface area contributed by atoms with Crippen molar-refractivity contribution in [2.45, 2.75) is 12.8 Å². The largest absolute Gasteiger partial charge is 0.494 e. The van der Waals surface area contributed by atoms with Crippen LogP contribution in [0.5, 0.6) is 5.75 Å². The maximum absolute atomic E-state index is 5.89. The minimum absolute atomic E-state index is 0.184. The lowest BCUT2D eigenvalue weighted by molar-refractivity contribution is 0.335. The Bertz CT molecular complexity index is 451. The number of benzene rings is 1. The highest BCUT2D eigenvalue weighted by atomic mass is 16.5. The first-order chi connectivity index (χ1) is 8.36. The first-order valence-electron chi connectivity index (χ1n) is 5.91. The van der Waals surface area contributed by atoms with Gasteiger partial charge in [0, 0.05) is 30.4 Å². The average Bonchev–Trinajstić information content (AvgIpc) is 2.86. The molecule has 3 heteroatoms. The van der Waals surface area contributed by atoms with Gasteiger partial charge in [0.05, 0.1) is 6.61 Å². The number of H-pyrrole nitrogens is 1. The molecule has 0 radical (unpaired) electrons. The summed E-state index contributed by atoms with van der Waals surface area (Å²) in [5.41, 5.74) is 8.24. The molecule has 2 aromatic rings. The van der Waals surface area contributed by atoms with E-state index in [1.54, 1.807) is 0 Å². The fourth-order valence-corrected chi connectivity index (χ4v) is 2.05. The summed E-state index contributed by atoms with van der Waals surface area (Å²) in [6.07, 6.45) is 3.90. The van der Waals surface area contributed by atoms with Crippen LogP contribution in [0.15, 0.2) is 42.7 Å². The molecule has 1 aromatic carbocycles. The van der Waals surface area contributed by atoms with Crippen molar-refractivity contribution in [2.75, 3.05) is 13.2 Å². The molecule has 17 heavy (non-hydrogen) atoms. The number of nitrogens with two attached hydrogens (primary N) is 1. The minimum Gasteiger partial charge on any atom is -0.494 e. The van der Waals surface area contributed by atoms with Crippen LogP contribution in [-0.2, 0) is 0 Å². The lowest BCUT2D eigenvalue weighted by Gasteiger charge is -2.17. The number of para-hydroxylation sites is 1. The van der Waals surface area contributed by atoms with Crippen LogP contribution in [0.2, 0.25) is 0 Å². The van der Waals surface area contributed by atoms with Gasteiger partial charge in [-0.05, 0) is 24.6 Å². The number of aromatic nitrogens is 1. The minimum atomic E-state index is 0.184. The van der Waals surface area contributed by atoms with Crippen molar-refractivity contribution in [1.82, 2.24) is 4.98 Å². The quantitative estimate of drug-likeness (QED) is 0.829. The molecule has 3 N–H and O–H groups in total. The monoisotopic (exact) mass is 230 g/mol. The van der Waals surface area contributed by atoms with Crippen molar-refractivity contribution in [3.63, 3.8) is 0 Å². The van der Waals surface area contributed by atoms with Crippen molar-refractivity contribution < 1.29 is 4.74 Å². The Balaban J connectivity index is 2.37. The molecule has 0 bridgehead atoms. The second-order valence-electron chi connectivity index (χ2n) is 3.90. The molecule has 1 aromatic heterocycles. The van der Waals surface area contributed by atoms with Crippen LogP contribution >= 0.6 is 0 Å². The Morgan fingerprint density at radius 1 is 1.29 bits per heavy atom. The van der Waals surface area contributed by atoms with Crippen LogP contribution in [0.4, 0.5) is 0 Å². The van der Waals surface area contributed by atoms with E-state index in [4.69, 9.17) is 10.5 Å². The van der Waals surface area contributed by atoms with E-state index in [1.807, 2.05) is 37.5 Å². The topological polar surface area (TPSA) is 51.0 Å². The summed E-state index contributed by atoms with van der Waals surface area (Å²) >= 11 is 0. The summed E-state index contributed by atoms with van der Waals surface area (Å²) in [7, 11) is 0. The van der Waals surface area contributed by atoms with E-state index < -0.39 is 0 Å². The molecular formula is C14H18N2O. The molecule has 1 unspecified atom stereocenters. The van der Waals surface area contributed by atoms with Gasteiger partial charge in [-0.15, -0.1) is 0 Å². The third-order valence-electron chi connectivity index (χ3n) is 2.85. The molecule has 0 spiro atoms. The average molecular weight is 230 g/mol. The fourth-order valence-electron chi connectivity index (χ4n) is 2.05. The number of hydrogen-bond donors (Lipinski definition) is 2. The number of rotatable bonds is 5. The van der Waals surface area contributed by atoms with E-state index in [2.05, 4.69) is 17.1 Å². The van der Waals surface area contributed by atoms with Crippen molar-refractivity contribution >= 4 is 0 Å². The SMILES string of the molecule is CCOc1ccccc1C(CN)c1cc[nH]c1. The van der Waals surface area contributed by atoms with E-state index in [0.29, 0.717) is 13.2 Å². The van der Waals surface area contributed by atoms with Crippen LogP contribution in [0, 0.1) is 0 Å². The first-order valence-corrected chi connectivity index (χ1v) is 5.91. The zero-order valence-corrected chi connectivity index (χ0v) is 10.0. The van der Waals surface area contributed by atoms with Crippen molar-refractivity contribution in [3.8, 4) is 5.75 Å². The highest BCUT2D eigenvalue weighted by molar-refractivity contribution is 5.41. The van der Waals surface area contributed by atoms with Gasteiger partial charge in [0.15, 0.2) is 0 Å². The molecule has 1 atom stereocenters. The van der Waals surface area contributed by atoms with Crippen molar-refractivity contribution in [1.29, 1.82) is 0 Å². The van der Waals surface area contributed by atoms with Gasteiger partial charge in [-0.1, -0.05) is 18.2 Å². The molecule has 0 aliphatic carbocycles. The zero-order valence-electron chi connectivity index (χ0n) is 10.0. The number of ether oxygens (including phenoxy) is 1. The van der Waals surface area contributed by atoms with Crippen LogP contribution in [0.1, 0.15) is 24.0 Å². The number of nitrogens with one attached hydrogen (secondary N) is 1. The second-order valence-corrected chi connectivity index (χ2v) is 3.90. The van der Waals surface area contributed by atoms with Crippen LogP contribution < -0.4 is 10.5 Å². The molecule has 0 saturated heterocycles. The smallest absolute Gasteiger partial charge is 0.123 e. The molecule has 0 aliphatic heterocycles. The number of aromatic amines is 1. The maximum Gasteiger partial charge on any atom is 0.123 e. The zero-order chi connectivity index (χ0) is 12.1. The van der Waals surface area contributed by atoms with Crippen molar-refractivity contribution in [2.24, 2.45) is 5.73 Å². The van der Waals surface area contributed by atoms with Gasteiger partial charge in [0.25, 0.3) is 0 Å². The molecule has 3 nitrogen and oxygen atoms in total. The lowest BCUT2D eigenvalue weighted by atomic mass is 9.92. The van der Waals surface area contributed by atoms with Gasteiger partial charge in [-0.2, -0.15) is 0 Å². The third kappa shape index (κ3) is 2.50. The van der Waals surface area contributed by atoms with Gasteiger partial charge in [0.2, 0.25) is 0 Å². The van der Waals surface area contributed by atoms with Gasteiger partial charge in [-0.25, -0.2) is 0 Å². The van der Waals surface area contributed by atoms with E-state index in [1.165, 1.54) is 5.56 Å². The second kappa shape index (κ2) is 5.55. The molecule has 0 aliphatic rings. The van der Waals surface area contributed by atoms with E-state index in [9.17, 15) is 0 Å². The normalized spacial score (nSPS) is 12.4. The maximum atomic E-state index is 5.89. The van der Waals surface area contributed by atoms with Gasteiger partial charge >= 0.3 is 0 Å². The summed E-state index contributed by atoms with van der Waals surface area (Å²) in [5, 5.41) is 0. The molecule has 2 rings (SSSR count). The Morgan fingerprint density at radius 3 is 2.76 bits per heavy atom. The van der Waals surface area contributed by atoms with Crippen molar-refractivity contribution in [3.05, 3.63) is 53.9 Å². The molecule has 0 saturated carbocycles. The number of hydrogen-bond acceptors (Lipinski definition) is 2. The molecule has 1 heterocycles.